The zero-order valence-corrected chi connectivity index (χ0v) is 13.1. The molecule has 2 N–H and O–H groups in total. The number of hydrogen-bond acceptors (Lipinski definition) is 3. The van der Waals surface area contributed by atoms with Gasteiger partial charge in [-0.2, -0.15) is 0 Å². The monoisotopic (exact) mass is 311 g/mol. The van der Waals surface area contributed by atoms with Crippen molar-refractivity contribution in [3.8, 4) is 0 Å². The van der Waals surface area contributed by atoms with Crippen LogP contribution in [0.3, 0.4) is 0 Å². The Hall–Kier alpha value is -1.40. The number of hydrogen-bond donors (Lipinski definition) is 2. The number of aromatic carboxylic acids is 1. The molecular formula is C15H21NO4S. The number of sulfonamides is 1. The van der Waals surface area contributed by atoms with Gasteiger partial charge in [-0.1, -0.05) is 20.3 Å². The molecule has 0 saturated heterocycles. The van der Waals surface area contributed by atoms with E-state index < -0.39 is 16.0 Å². The summed E-state index contributed by atoms with van der Waals surface area (Å²) in [5.74, 6) is -0.183. The summed E-state index contributed by atoms with van der Waals surface area (Å²) in [4.78, 5) is 10.9. The van der Waals surface area contributed by atoms with Crippen LogP contribution in [0.25, 0.3) is 0 Å². The Bertz CT molecular complexity index is 609. The van der Waals surface area contributed by atoms with Crippen LogP contribution in [-0.4, -0.2) is 25.5 Å². The Morgan fingerprint density at radius 3 is 2.38 bits per heavy atom. The molecule has 0 amide bonds. The molecule has 1 aromatic carbocycles. The molecule has 21 heavy (non-hydrogen) atoms. The first-order valence-corrected chi connectivity index (χ1v) is 8.69. The van der Waals surface area contributed by atoms with Gasteiger partial charge in [-0.15, -0.1) is 0 Å². The SMILES string of the molecule is CCC1CCC(NS(=O)(=O)c2ccc(C(=O)O)cc2)C1C. The van der Waals surface area contributed by atoms with Crippen molar-refractivity contribution in [1.29, 1.82) is 0 Å². The summed E-state index contributed by atoms with van der Waals surface area (Å²) >= 11 is 0. The molecule has 116 valence electrons. The van der Waals surface area contributed by atoms with Crippen molar-refractivity contribution in [3.05, 3.63) is 29.8 Å². The van der Waals surface area contributed by atoms with Gasteiger partial charge in [0.05, 0.1) is 10.5 Å². The normalized spacial score (nSPS) is 25.9. The van der Waals surface area contributed by atoms with Crippen LogP contribution in [0.4, 0.5) is 0 Å². The van der Waals surface area contributed by atoms with Crippen molar-refractivity contribution in [2.75, 3.05) is 0 Å². The Kier molecular flexibility index (Phi) is 4.68. The molecule has 1 aliphatic rings. The average Bonchev–Trinajstić information content (AvgIpc) is 2.79. The van der Waals surface area contributed by atoms with Gasteiger partial charge >= 0.3 is 5.97 Å². The van der Waals surface area contributed by atoms with Gasteiger partial charge in [-0.05, 0) is 48.9 Å². The van der Waals surface area contributed by atoms with Gasteiger partial charge in [0.2, 0.25) is 10.0 Å². The lowest BCUT2D eigenvalue weighted by Crippen LogP contribution is -2.37. The summed E-state index contributed by atoms with van der Waals surface area (Å²) in [6, 6.07) is 5.25. The van der Waals surface area contributed by atoms with Gasteiger partial charge in [0.25, 0.3) is 0 Å². The maximum Gasteiger partial charge on any atom is 0.335 e. The molecule has 1 aromatic rings. The number of carbonyl (C=O) groups is 1. The molecule has 0 bridgehead atoms. The number of carboxylic acids is 1. The number of rotatable bonds is 5. The van der Waals surface area contributed by atoms with E-state index in [4.69, 9.17) is 5.11 Å². The summed E-state index contributed by atoms with van der Waals surface area (Å²) in [7, 11) is -3.59. The van der Waals surface area contributed by atoms with E-state index >= 15 is 0 Å². The Labute approximate surface area is 125 Å². The van der Waals surface area contributed by atoms with Gasteiger partial charge in [-0.3, -0.25) is 0 Å². The summed E-state index contributed by atoms with van der Waals surface area (Å²) < 4.78 is 27.5. The summed E-state index contributed by atoms with van der Waals surface area (Å²) in [6.45, 7) is 4.21. The molecule has 0 heterocycles. The van der Waals surface area contributed by atoms with Crippen molar-refractivity contribution in [2.24, 2.45) is 11.8 Å². The lowest BCUT2D eigenvalue weighted by molar-refractivity contribution is 0.0696. The van der Waals surface area contributed by atoms with Gasteiger partial charge in [0, 0.05) is 6.04 Å². The second kappa shape index (κ2) is 6.15. The predicted octanol–water partition coefficient (Wildman–Crippen LogP) is 2.49. The Balaban J connectivity index is 2.13. The van der Waals surface area contributed by atoms with Crippen LogP contribution in [0.2, 0.25) is 0 Å². The topological polar surface area (TPSA) is 83.5 Å². The molecule has 3 atom stereocenters. The quantitative estimate of drug-likeness (QED) is 0.875. The second-order valence-electron chi connectivity index (χ2n) is 5.66. The van der Waals surface area contributed by atoms with Crippen LogP contribution in [0.1, 0.15) is 43.5 Å². The van der Waals surface area contributed by atoms with Crippen molar-refractivity contribution in [2.45, 2.75) is 44.0 Å². The van der Waals surface area contributed by atoms with Crippen LogP contribution in [0.15, 0.2) is 29.2 Å². The van der Waals surface area contributed by atoms with Gasteiger partial charge < -0.3 is 5.11 Å². The highest BCUT2D eigenvalue weighted by atomic mass is 32.2. The molecule has 6 heteroatoms. The Morgan fingerprint density at radius 1 is 1.29 bits per heavy atom. The standard InChI is InChI=1S/C15H21NO4S/c1-3-11-6-9-14(10(11)2)16-21(19,20)13-7-4-12(5-8-13)15(17)18/h4-5,7-8,10-11,14,16H,3,6,9H2,1-2H3,(H,17,18). The van der Waals surface area contributed by atoms with E-state index in [1.165, 1.54) is 24.3 Å². The van der Waals surface area contributed by atoms with Crippen LogP contribution in [0.5, 0.6) is 0 Å². The third kappa shape index (κ3) is 3.44. The highest BCUT2D eigenvalue weighted by molar-refractivity contribution is 7.89. The molecule has 1 saturated carbocycles. The minimum absolute atomic E-state index is 0.0425. The highest BCUT2D eigenvalue weighted by Gasteiger charge is 2.34. The average molecular weight is 311 g/mol. The molecule has 0 radical (unpaired) electrons. The zero-order chi connectivity index (χ0) is 15.6. The first-order chi connectivity index (χ1) is 9.85. The molecule has 0 spiro atoms. The lowest BCUT2D eigenvalue weighted by atomic mass is 9.94. The molecule has 1 fully saturated rings. The summed E-state index contributed by atoms with van der Waals surface area (Å²) in [6.07, 6.45) is 2.96. The maximum atomic E-state index is 12.4. The molecular weight excluding hydrogens is 290 g/mol. The third-order valence-corrected chi connectivity index (χ3v) is 5.97. The first-order valence-electron chi connectivity index (χ1n) is 7.21. The van der Waals surface area contributed by atoms with E-state index in [1.807, 2.05) is 0 Å². The Morgan fingerprint density at radius 2 is 1.90 bits per heavy atom. The number of nitrogens with one attached hydrogen (secondary N) is 1. The van der Waals surface area contributed by atoms with Crippen molar-refractivity contribution in [3.63, 3.8) is 0 Å². The van der Waals surface area contributed by atoms with Crippen molar-refractivity contribution < 1.29 is 18.3 Å². The first kappa shape index (κ1) is 16.0. The predicted molar refractivity (Wildman–Crippen MR) is 79.7 cm³/mol. The van der Waals surface area contributed by atoms with Crippen LogP contribution in [0, 0.1) is 11.8 Å². The minimum atomic E-state index is -3.59. The van der Waals surface area contributed by atoms with E-state index in [2.05, 4.69) is 18.6 Å². The highest BCUT2D eigenvalue weighted by Crippen LogP contribution is 2.34. The van der Waals surface area contributed by atoms with Crippen molar-refractivity contribution >= 4 is 16.0 Å². The maximum absolute atomic E-state index is 12.4. The van der Waals surface area contributed by atoms with E-state index in [1.54, 1.807) is 0 Å². The van der Waals surface area contributed by atoms with Crippen LogP contribution < -0.4 is 4.72 Å². The fraction of sp³-hybridized carbons (Fsp3) is 0.533. The third-order valence-electron chi connectivity index (χ3n) is 4.47. The fourth-order valence-electron chi connectivity index (χ4n) is 3.03. The summed E-state index contributed by atoms with van der Waals surface area (Å²) in [5, 5.41) is 8.83. The molecule has 1 aliphatic carbocycles. The number of carboxylic acid groups (broad SMARTS) is 1. The largest absolute Gasteiger partial charge is 0.478 e. The lowest BCUT2D eigenvalue weighted by Gasteiger charge is -2.21. The molecule has 3 unspecified atom stereocenters. The molecule has 5 nitrogen and oxygen atoms in total. The number of benzene rings is 1. The van der Waals surface area contributed by atoms with E-state index in [0.717, 1.165) is 19.3 Å². The molecule has 2 rings (SSSR count). The second-order valence-corrected chi connectivity index (χ2v) is 7.38. The molecule has 0 aromatic heterocycles. The van der Waals surface area contributed by atoms with Gasteiger partial charge in [-0.25, -0.2) is 17.9 Å². The zero-order valence-electron chi connectivity index (χ0n) is 12.2. The van der Waals surface area contributed by atoms with Gasteiger partial charge in [0.15, 0.2) is 0 Å². The smallest absolute Gasteiger partial charge is 0.335 e. The van der Waals surface area contributed by atoms with E-state index in [0.29, 0.717) is 11.8 Å². The van der Waals surface area contributed by atoms with Gasteiger partial charge in [0.1, 0.15) is 0 Å². The summed E-state index contributed by atoms with van der Waals surface area (Å²) in [5.41, 5.74) is 0.0780. The van der Waals surface area contributed by atoms with E-state index in [-0.39, 0.29) is 16.5 Å². The van der Waals surface area contributed by atoms with Crippen molar-refractivity contribution in [1.82, 2.24) is 4.72 Å². The van der Waals surface area contributed by atoms with Crippen LogP contribution >= 0.6 is 0 Å². The van der Waals surface area contributed by atoms with Crippen LogP contribution in [-0.2, 0) is 10.0 Å². The molecule has 0 aliphatic heterocycles. The minimum Gasteiger partial charge on any atom is -0.478 e. The fourth-order valence-corrected chi connectivity index (χ4v) is 4.40. The van der Waals surface area contributed by atoms with E-state index in [9.17, 15) is 13.2 Å².